The fourth-order valence-electron chi connectivity index (χ4n) is 2.58. The second kappa shape index (κ2) is 5.43. The number of hydrogen-bond acceptors (Lipinski definition) is 1. The molecule has 1 saturated carbocycles. The van der Waals surface area contributed by atoms with Crippen molar-refractivity contribution in [3.8, 4) is 0 Å². The van der Waals surface area contributed by atoms with E-state index in [0.29, 0.717) is 11.4 Å². The van der Waals surface area contributed by atoms with Crippen LogP contribution in [-0.4, -0.2) is 5.92 Å². The molecule has 1 aliphatic carbocycles. The minimum Gasteiger partial charge on any atom is -0.324 e. The van der Waals surface area contributed by atoms with E-state index < -0.39 is 12.0 Å². The lowest BCUT2D eigenvalue weighted by Crippen LogP contribution is -2.33. The molecule has 0 amide bonds. The molecule has 0 saturated heterocycles. The molecule has 2 unspecified atom stereocenters. The highest BCUT2D eigenvalue weighted by Crippen LogP contribution is 2.43. The highest BCUT2D eigenvalue weighted by Gasteiger charge is 2.39. The summed E-state index contributed by atoms with van der Waals surface area (Å²) in [6, 6.07) is 4.93. The molecular weight excluding hydrogens is 324 g/mol. The van der Waals surface area contributed by atoms with Crippen molar-refractivity contribution in [3.63, 3.8) is 0 Å². The van der Waals surface area contributed by atoms with E-state index in [2.05, 4.69) is 15.9 Å². The van der Waals surface area contributed by atoms with Crippen molar-refractivity contribution in [3.05, 3.63) is 33.3 Å². The average molecular weight is 339 g/mol. The Labute approximate surface area is 119 Å². The van der Waals surface area contributed by atoms with Gasteiger partial charge in [-0.25, -0.2) is 8.78 Å². The summed E-state index contributed by atoms with van der Waals surface area (Å²) >= 11 is 9.51. The zero-order valence-corrected chi connectivity index (χ0v) is 12.1. The molecule has 0 radical (unpaired) electrons. The van der Waals surface area contributed by atoms with Gasteiger partial charge in [-0.05, 0) is 30.9 Å². The van der Waals surface area contributed by atoms with E-state index in [4.69, 9.17) is 17.3 Å². The first-order valence-electron chi connectivity index (χ1n) is 5.98. The van der Waals surface area contributed by atoms with Crippen LogP contribution in [0.5, 0.6) is 0 Å². The van der Waals surface area contributed by atoms with E-state index >= 15 is 0 Å². The third-order valence-corrected chi connectivity index (χ3v) is 4.54. The van der Waals surface area contributed by atoms with Crippen molar-refractivity contribution in [1.29, 1.82) is 0 Å². The molecule has 2 N–H and O–H groups in total. The Bertz CT molecular complexity index is 419. The largest absolute Gasteiger partial charge is 0.324 e. The minimum absolute atomic E-state index is 0.0279. The fourth-order valence-corrected chi connectivity index (χ4v) is 3.63. The van der Waals surface area contributed by atoms with Gasteiger partial charge in [0.05, 0.1) is 0 Å². The van der Waals surface area contributed by atoms with Gasteiger partial charge in [-0.15, -0.1) is 0 Å². The lowest BCUT2D eigenvalue weighted by Gasteiger charge is -2.33. The molecule has 1 fully saturated rings. The number of hydrogen-bond donors (Lipinski definition) is 1. The van der Waals surface area contributed by atoms with E-state index in [-0.39, 0.29) is 18.8 Å². The Morgan fingerprint density at radius 2 is 2.17 bits per heavy atom. The maximum Gasteiger partial charge on any atom is 0.248 e. The quantitative estimate of drug-likeness (QED) is 0.813. The first kappa shape index (κ1) is 14.2. The van der Waals surface area contributed by atoms with Crippen molar-refractivity contribution in [2.45, 2.75) is 37.6 Å². The van der Waals surface area contributed by atoms with Gasteiger partial charge in [-0.3, -0.25) is 0 Å². The van der Waals surface area contributed by atoms with Crippen molar-refractivity contribution < 1.29 is 8.78 Å². The molecule has 0 aliphatic heterocycles. The van der Waals surface area contributed by atoms with Gasteiger partial charge < -0.3 is 5.73 Å². The third kappa shape index (κ3) is 3.03. The number of benzene rings is 1. The monoisotopic (exact) mass is 337 g/mol. The van der Waals surface area contributed by atoms with Crippen LogP contribution >= 0.6 is 27.5 Å². The van der Waals surface area contributed by atoms with Crippen LogP contribution < -0.4 is 5.73 Å². The topological polar surface area (TPSA) is 26.0 Å². The summed E-state index contributed by atoms with van der Waals surface area (Å²) in [6.07, 6.45) is 1.08. The average Bonchev–Trinajstić information content (AvgIpc) is 2.27. The molecule has 1 aliphatic rings. The van der Waals surface area contributed by atoms with Crippen LogP contribution in [0.1, 0.15) is 37.3 Å². The number of halogens is 4. The third-order valence-electron chi connectivity index (χ3n) is 3.52. The van der Waals surface area contributed by atoms with Crippen LogP contribution in [0.2, 0.25) is 5.02 Å². The standard InChI is InChI=1S/C13H15BrClF2N/c14-9-4-1-5-10(15)11(9)12(18)8-3-2-6-13(16,17)7-8/h1,4-5,8,12H,2-3,6-7,18H2. The van der Waals surface area contributed by atoms with Gasteiger partial charge in [0.2, 0.25) is 5.92 Å². The molecule has 0 spiro atoms. The zero-order valence-electron chi connectivity index (χ0n) is 9.80. The number of rotatable bonds is 2. The van der Waals surface area contributed by atoms with Crippen molar-refractivity contribution >= 4 is 27.5 Å². The Morgan fingerprint density at radius 1 is 1.44 bits per heavy atom. The first-order valence-corrected chi connectivity index (χ1v) is 7.15. The summed E-state index contributed by atoms with van der Waals surface area (Å²) < 4.78 is 27.7. The molecule has 5 heteroatoms. The Morgan fingerprint density at radius 3 is 2.78 bits per heavy atom. The summed E-state index contributed by atoms with van der Waals surface area (Å²) in [5.74, 6) is -2.81. The lowest BCUT2D eigenvalue weighted by molar-refractivity contribution is -0.0563. The minimum atomic E-state index is -2.59. The normalized spacial score (nSPS) is 24.8. The van der Waals surface area contributed by atoms with Gasteiger partial charge in [-0.1, -0.05) is 33.6 Å². The maximum absolute atomic E-state index is 13.4. The molecule has 2 atom stereocenters. The first-order chi connectivity index (χ1) is 8.41. The van der Waals surface area contributed by atoms with Crippen molar-refractivity contribution in [1.82, 2.24) is 0 Å². The van der Waals surface area contributed by atoms with Gasteiger partial charge in [0.1, 0.15) is 0 Å². The second-order valence-electron chi connectivity index (χ2n) is 4.87. The molecule has 2 rings (SSSR count). The Balaban J connectivity index is 2.23. The van der Waals surface area contributed by atoms with Crippen LogP contribution in [0.3, 0.4) is 0 Å². The summed E-state index contributed by atoms with van der Waals surface area (Å²) in [4.78, 5) is 0. The van der Waals surface area contributed by atoms with Crippen LogP contribution in [-0.2, 0) is 0 Å². The maximum atomic E-state index is 13.4. The number of nitrogens with two attached hydrogens (primary N) is 1. The smallest absolute Gasteiger partial charge is 0.248 e. The van der Waals surface area contributed by atoms with Crippen LogP contribution in [0, 0.1) is 5.92 Å². The molecule has 0 aromatic heterocycles. The summed E-state index contributed by atoms with van der Waals surface area (Å²) in [5.41, 5.74) is 6.88. The lowest BCUT2D eigenvalue weighted by atomic mass is 9.80. The molecular formula is C13H15BrClF2N. The Kier molecular flexibility index (Phi) is 4.29. The molecule has 18 heavy (non-hydrogen) atoms. The van der Waals surface area contributed by atoms with Gasteiger partial charge in [-0.2, -0.15) is 0 Å². The van der Waals surface area contributed by atoms with Gasteiger partial charge in [0.15, 0.2) is 0 Å². The van der Waals surface area contributed by atoms with E-state index in [1.807, 2.05) is 6.07 Å². The highest BCUT2D eigenvalue weighted by molar-refractivity contribution is 9.10. The van der Waals surface area contributed by atoms with E-state index in [1.165, 1.54) is 0 Å². The summed E-state index contributed by atoms with van der Waals surface area (Å²) in [6.45, 7) is 0. The van der Waals surface area contributed by atoms with Gasteiger partial charge in [0, 0.05) is 33.9 Å². The highest BCUT2D eigenvalue weighted by atomic mass is 79.9. The molecule has 0 heterocycles. The van der Waals surface area contributed by atoms with Gasteiger partial charge in [0.25, 0.3) is 0 Å². The molecule has 1 aromatic carbocycles. The molecule has 1 nitrogen and oxygen atoms in total. The predicted molar refractivity (Wildman–Crippen MR) is 73.0 cm³/mol. The SMILES string of the molecule is NC(c1c(Cl)cccc1Br)C1CCCC(F)(F)C1. The summed E-state index contributed by atoms with van der Waals surface area (Å²) in [5, 5.41) is 0.533. The molecule has 100 valence electrons. The van der Waals surface area contributed by atoms with E-state index in [0.717, 1.165) is 16.5 Å². The number of alkyl halides is 2. The summed E-state index contributed by atoms with van der Waals surface area (Å²) in [7, 11) is 0. The Hall–Kier alpha value is -0.190. The van der Waals surface area contributed by atoms with Crippen LogP contribution in [0.25, 0.3) is 0 Å². The molecule has 1 aromatic rings. The fraction of sp³-hybridized carbons (Fsp3) is 0.538. The van der Waals surface area contributed by atoms with Gasteiger partial charge >= 0.3 is 0 Å². The van der Waals surface area contributed by atoms with E-state index in [1.54, 1.807) is 12.1 Å². The van der Waals surface area contributed by atoms with Crippen molar-refractivity contribution in [2.24, 2.45) is 11.7 Å². The second-order valence-corrected chi connectivity index (χ2v) is 6.14. The van der Waals surface area contributed by atoms with E-state index in [9.17, 15) is 8.78 Å². The van der Waals surface area contributed by atoms with Crippen LogP contribution in [0.4, 0.5) is 8.78 Å². The predicted octanol–water partition coefficient (Wildman–Crippen LogP) is 4.93. The van der Waals surface area contributed by atoms with Crippen molar-refractivity contribution in [2.75, 3.05) is 0 Å². The zero-order chi connectivity index (χ0) is 13.3. The molecule has 0 bridgehead atoms. The van der Waals surface area contributed by atoms with Crippen LogP contribution in [0.15, 0.2) is 22.7 Å².